The van der Waals surface area contributed by atoms with Gasteiger partial charge in [0.2, 0.25) is 5.91 Å². The molecule has 3 N–H and O–H groups in total. The van der Waals surface area contributed by atoms with Crippen LogP contribution in [-0.2, 0) is 19.4 Å². The topological polar surface area (TPSA) is 99.8 Å². The summed E-state index contributed by atoms with van der Waals surface area (Å²) in [6.45, 7) is 5.52. The average Bonchev–Trinajstić information content (AvgIpc) is 2.87. The van der Waals surface area contributed by atoms with Gasteiger partial charge in [-0.25, -0.2) is 8.42 Å². The number of hydrogen-bond donors (Lipinski definition) is 3. The first-order valence-electron chi connectivity index (χ1n) is 8.26. The lowest BCUT2D eigenvalue weighted by atomic mass is 10.2. The summed E-state index contributed by atoms with van der Waals surface area (Å²) in [5.41, 5.74) is 0. The number of hydrogen-bond acceptors (Lipinski definition) is 6. The second-order valence-corrected chi connectivity index (χ2v) is 8.69. The van der Waals surface area contributed by atoms with Crippen molar-refractivity contribution in [1.82, 2.24) is 20.9 Å². The molecule has 0 aromatic heterocycles. The summed E-state index contributed by atoms with van der Waals surface area (Å²) < 4.78 is 28.0. The monoisotopic (exact) mass is 378 g/mol. The van der Waals surface area contributed by atoms with Gasteiger partial charge in [0.25, 0.3) is 0 Å². The van der Waals surface area contributed by atoms with E-state index in [0.29, 0.717) is 18.1 Å². The molecular weight excluding hydrogens is 352 g/mol. The highest BCUT2D eigenvalue weighted by atomic mass is 32.2. The minimum atomic E-state index is -2.97. The molecule has 2 rings (SSSR count). The molecule has 1 unspecified atom stereocenters. The summed E-state index contributed by atoms with van der Waals surface area (Å²) in [5.74, 6) is 0.0572. The highest BCUT2D eigenvalue weighted by Crippen LogP contribution is 2.11. The molecule has 0 saturated carbocycles. The highest BCUT2D eigenvalue weighted by molar-refractivity contribution is 7.91. The maximum atomic E-state index is 11.8. The molecule has 0 aromatic carbocycles. The number of nitrogens with one attached hydrogen (secondary N) is 3. The lowest BCUT2D eigenvalue weighted by molar-refractivity contribution is -0.121. The van der Waals surface area contributed by atoms with Gasteiger partial charge < -0.3 is 20.7 Å². The lowest BCUT2D eigenvalue weighted by Gasteiger charge is -2.26. The number of amides is 1. The molecule has 0 spiro atoms. The second kappa shape index (κ2) is 9.50. The maximum absolute atomic E-state index is 11.8. The molecular formula is C14H26N4O4S2. The smallest absolute Gasteiger partial charge is 0.222 e. The van der Waals surface area contributed by atoms with Gasteiger partial charge in [-0.2, -0.15) is 0 Å². The second-order valence-electron chi connectivity index (χ2n) is 6.05. The van der Waals surface area contributed by atoms with E-state index in [1.807, 2.05) is 0 Å². The zero-order valence-corrected chi connectivity index (χ0v) is 15.4. The van der Waals surface area contributed by atoms with Gasteiger partial charge in [0.1, 0.15) is 0 Å². The first-order chi connectivity index (χ1) is 11.4. The third kappa shape index (κ3) is 7.29. The normalized spacial score (nSPS) is 23.6. The highest BCUT2D eigenvalue weighted by Gasteiger charge is 2.28. The Morgan fingerprint density at radius 2 is 1.92 bits per heavy atom. The fourth-order valence-electron chi connectivity index (χ4n) is 2.71. The number of thiocarbonyl (C=S) groups is 1. The fraction of sp³-hybridized carbons (Fsp3) is 0.857. The molecule has 10 heteroatoms. The zero-order chi connectivity index (χ0) is 17.4. The van der Waals surface area contributed by atoms with E-state index in [1.54, 1.807) is 0 Å². The van der Waals surface area contributed by atoms with Crippen molar-refractivity contribution in [2.24, 2.45) is 0 Å². The minimum absolute atomic E-state index is 0.0493. The van der Waals surface area contributed by atoms with Crippen molar-refractivity contribution < 1.29 is 17.9 Å². The fourth-order valence-corrected chi connectivity index (χ4v) is 4.59. The number of sulfone groups is 1. The quantitative estimate of drug-likeness (QED) is 0.459. The molecule has 8 nitrogen and oxygen atoms in total. The minimum Gasteiger partial charge on any atom is -0.379 e. The molecule has 24 heavy (non-hydrogen) atoms. The van der Waals surface area contributed by atoms with E-state index < -0.39 is 9.84 Å². The van der Waals surface area contributed by atoms with Gasteiger partial charge in [-0.05, 0) is 18.6 Å². The molecule has 2 fully saturated rings. The third-order valence-electron chi connectivity index (χ3n) is 4.05. The van der Waals surface area contributed by atoms with Crippen LogP contribution >= 0.6 is 12.2 Å². The van der Waals surface area contributed by atoms with Gasteiger partial charge in [0, 0.05) is 45.2 Å². The van der Waals surface area contributed by atoms with Gasteiger partial charge in [-0.15, -0.1) is 0 Å². The van der Waals surface area contributed by atoms with Crippen molar-refractivity contribution in [3.05, 3.63) is 0 Å². The van der Waals surface area contributed by atoms with Crippen LogP contribution in [0.1, 0.15) is 12.8 Å². The first kappa shape index (κ1) is 19.4. The van der Waals surface area contributed by atoms with Crippen molar-refractivity contribution in [2.75, 3.05) is 57.4 Å². The Balaban J connectivity index is 1.50. The van der Waals surface area contributed by atoms with E-state index in [4.69, 9.17) is 17.0 Å². The summed E-state index contributed by atoms with van der Waals surface area (Å²) in [7, 11) is -2.97. The van der Waals surface area contributed by atoms with E-state index in [2.05, 4.69) is 20.9 Å². The van der Waals surface area contributed by atoms with Crippen LogP contribution in [0, 0.1) is 0 Å². The number of carbonyl (C=O) groups excluding carboxylic acids is 1. The molecule has 2 aliphatic heterocycles. The number of ether oxygens (including phenoxy) is 1. The SMILES string of the molecule is O=C(CCNC(=S)NCCN1CCOCC1)NC1CCS(=O)(=O)C1. The van der Waals surface area contributed by atoms with Crippen LogP contribution in [0.15, 0.2) is 0 Å². The van der Waals surface area contributed by atoms with E-state index in [0.717, 1.165) is 39.4 Å². The van der Waals surface area contributed by atoms with E-state index in [9.17, 15) is 13.2 Å². The van der Waals surface area contributed by atoms with Gasteiger partial charge in [-0.3, -0.25) is 9.69 Å². The standard InChI is InChI=1S/C14H26N4O4S2/c19-13(17-12-2-10-24(20,21)11-12)1-3-15-14(23)16-4-5-18-6-8-22-9-7-18/h12H,1-11H2,(H,17,19)(H2,15,16,23). The predicted molar refractivity (Wildman–Crippen MR) is 95.7 cm³/mol. The molecule has 0 radical (unpaired) electrons. The Bertz CT molecular complexity index is 535. The molecule has 0 aromatic rings. The molecule has 2 saturated heterocycles. The number of rotatable bonds is 7. The van der Waals surface area contributed by atoms with Crippen LogP contribution < -0.4 is 16.0 Å². The maximum Gasteiger partial charge on any atom is 0.222 e. The van der Waals surface area contributed by atoms with Crippen LogP contribution in [-0.4, -0.2) is 87.8 Å². The Labute approximate surface area is 148 Å². The molecule has 2 heterocycles. The van der Waals surface area contributed by atoms with E-state index in [1.165, 1.54) is 0 Å². The van der Waals surface area contributed by atoms with Gasteiger partial charge in [0.15, 0.2) is 14.9 Å². The Kier molecular flexibility index (Phi) is 7.66. The van der Waals surface area contributed by atoms with Crippen LogP contribution in [0.25, 0.3) is 0 Å². The van der Waals surface area contributed by atoms with Crippen molar-refractivity contribution in [3.63, 3.8) is 0 Å². The Hall–Kier alpha value is -0.970. The van der Waals surface area contributed by atoms with Gasteiger partial charge >= 0.3 is 0 Å². The number of morpholine rings is 1. The summed E-state index contributed by atoms with van der Waals surface area (Å²) in [6, 6.07) is -0.249. The number of carbonyl (C=O) groups is 1. The summed E-state index contributed by atoms with van der Waals surface area (Å²) in [6.07, 6.45) is 0.769. The van der Waals surface area contributed by atoms with Crippen molar-refractivity contribution >= 4 is 33.1 Å². The zero-order valence-electron chi connectivity index (χ0n) is 13.8. The van der Waals surface area contributed by atoms with E-state index in [-0.39, 0.29) is 29.9 Å². The molecule has 138 valence electrons. The predicted octanol–water partition coefficient (Wildman–Crippen LogP) is -1.52. The molecule has 0 bridgehead atoms. The molecule has 0 aliphatic carbocycles. The van der Waals surface area contributed by atoms with Gasteiger partial charge in [-0.1, -0.05) is 0 Å². The average molecular weight is 379 g/mol. The summed E-state index contributed by atoms with van der Waals surface area (Å²) in [5, 5.41) is 9.39. The Morgan fingerprint density at radius 3 is 2.58 bits per heavy atom. The Morgan fingerprint density at radius 1 is 1.21 bits per heavy atom. The first-order valence-corrected chi connectivity index (χ1v) is 10.5. The largest absolute Gasteiger partial charge is 0.379 e. The number of nitrogens with zero attached hydrogens (tertiary/aromatic N) is 1. The van der Waals surface area contributed by atoms with Crippen LogP contribution in [0.4, 0.5) is 0 Å². The van der Waals surface area contributed by atoms with E-state index >= 15 is 0 Å². The van der Waals surface area contributed by atoms with Gasteiger partial charge in [0.05, 0.1) is 24.7 Å². The third-order valence-corrected chi connectivity index (χ3v) is 6.11. The summed E-state index contributed by atoms with van der Waals surface area (Å²) >= 11 is 5.17. The van der Waals surface area contributed by atoms with Crippen molar-refractivity contribution in [1.29, 1.82) is 0 Å². The molecule has 2 aliphatic rings. The van der Waals surface area contributed by atoms with Crippen molar-refractivity contribution in [3.8, 4) is 0 Å². The van der Waals surface area contributed by atoms with Crippen LogP contribution in [0.3, 0.4) is 0 Å². The lowest BCUT2D eigenvalue weighted by Crippen LogP contribution is -2.44. The van der Waals surface area contributed by atoms with Crippen molar-refractivity contribution in [2.45, 2.75) is 18.9 Å². The van der Waals surface area contributed by atoms with Crippen LogP contribution in [0.5, 0.6) is 0 Å². The summed E-state index contributed by atoms with van der Waals surface area (Å²) in [4.78, 5) is 14.1. The molecule has 1 amide bonds. The van der Waals surface area contributed by atoms with Crippen LogP contribution in [0.2, 0.25) is 0 Å². The molecule has 1 atom stereocenters.